The molecule has 0 saturated heterocycles. The summed E-state index contributed by atoms with van der Waals surface area (Å²) in [5, 5.41) is 0. The number of aromatic nitrogens is 1. The van der Waals surface area contributed by atoms with Crippen LogP contribution < -0.4 is 10.6 Å². The number of nitrogens with two attached hydrogens (primary N) is 1. The van der Waals surface area contributed by atoms with Gasteiger partial charge in [0, 0.05) is 18.3 Å². The molecule has 4 heteroatoms. The number of nitrogens with zero attached hydrogens (tertiary/aromatic N) is 2. The molecule has 0 amide bonds. The lowest BCUT2D eigenvalue weighted by Gasteiger charge is -2.30. The molecule has 18 heavy (non-hydrogen) atoms. The van der Waals surface area contributed by atoms with E-state index in [0.29, 0.717) is 11.0 Å². The van der Waals surface area contributed by atoms with Gasteiger partial charge in [-0.2, -0.15) is 0 Å². The molecular formula is C14H21N3S. The van der Waals surface area contributed by atoms with E-state index in [2.05, 4.69) is 16.8 Å². The maximum absolute atomic E-state index is 5.82. The number of thiocarbonyl (C=S) groups is 1. The first-order valence-electron chi connectivity index (χ1n) is 6.67. The molecule has 1 heterocycles. The molecule has 1 aliphatic carbocycles. The first-order valence-corrected chi connectivity index (χ1v) is 7.08. The Morgan fingerprint density at radius 2 is 2.11 bits per heavy atom. The minimum absolute atomic E-state index is 0.439. The first kappa shape index (κ1) is 13.3. The third-order valence-corrected chi connectivity index (χ3v) is 3.88. The second kappa shape index (κ2) is 5.65. The second-order valence-corrected chi connectivity index (χ2v) is 5.35. The summed E-state index contributed by atoms with van der Waals surface area (Å²) in [5.41, 5.74) is 7.74. The summed E-state index contributed by atoms with van der Waals surface area (Å²) in [4.78, 5) is 7.48. The fraction of sp³-hybridized carbons (Fsp3) is 0.571. The molecule has 0 unspecified atom stereocenters. The number of aryl methyl sites for hydroxylation is 1. The lowest BCUT2D eigenvalue weighted by Crippen LogP contribution is -2.35. The van der Waals surface area contributed by atoms with Crippen molar-refractivity contribution in [3.63, 3.8) is 0 Å². The average Bonchev–Trinajstić information content (AvgIpc) is 2.83. The zero-order valence-corrected chi connectivity index (χ0v) is 12.0. The van der Waals surface area contributed by atoms with Crippen molar-refractivity contribution in [2.75, 3.05) is 11.4 Å². The highest BCUT2D eigenvalue weighted by molar-refractivity contribution is 7.80. The van der Waals surface area contributed by atoms with Gasteiger partial charge in [0.05, 0.1) is 5.56 Å². The summed E-state index contributed by atoms with van der Waals surface area (Å²) in [6, 6.07) is 4.57. The molecule has 3 nitrogen and oxygen atoms in total. The van der Waals surface area contributed by atoms with Crippen molar-refractivity contribution in [2.24, 2.45) is 5.73 Å². The van der Waals surface area contributed by atoms with Crippen LogP contribution >= 0.6 is 12.2 Å². The van der Waals surface area contributed by atoms with Gasteiger partial charge in [0.15, 0.2) is 0 Å². The number of pyridine rings is 1. The van der Waals surface area contributed by atoms with Crippen LogP contribution in [-0.2, 0) is 0 Å². The Hall–Kier alpha value is -1.16. The average molecular weight is 263 g/mol. The molecular weight excluding hydrogens is 242 g/mol. The van der Waals surface area contributed by atoms with E-state index in [9.17, 15) is 0 Å². The number of anilines is 1. The summed E-state index contributed by atoms with van der Waals surface area (Å²) in [6.45, 7) is 5.14. The van der Waals surface area contributed by atoms with E-state index in [1.165, 1.54) is 25.7 Å². The molecule has 2 rings (SSSR count). The van der Waals surface area contributed by atoms with Crippen molar-refractivity contribution in [2.45, 2.75) is 45.6 Å². The van der Waals surface area contributed by atoms with Gasteiger partial charge in [0.25, 0.3) is 0 Å². The van der Waals surface area contributed by atoms with Crippen molar-refractivity contribution < 1.29 is 0 Å². The van der Waals surface area contributed by atoms with Crippen molar-refractivity contribution >= 4 is 23.0 Å². The predicted molar refractivity (Wildman–Crippen MR) is 80.1 cm³/mol. The van der Waals surface area contributed by atoms with E-state index in [0.717, 1.165) is 23.6 Å². The molecule has 1 aliphatic rings. The molecule has 98 valence electrons. The van der Waals surface area contributed by atoms with E-state index in [4.69, 9.17) is 18.0 Å². The van der Waals surface area contributed by atoms with Crippen molar-refractivity contribution in [3.05, 3.63) is 23.4 Å². The van der Waals surface area contributed by atoms with Gasteiger partial charge in [-0.3, -0.25) is 0 Å². The Morgan fingerprint density at radius 1 is 1.44 bits per heavy atom. The smallest absolute Gasteiger partial charge is 0.139 e. The lowest BCUT2D eigenvalue weighted by atomic mass is 10.1. The fourth-order valence-electron chi connectivity index (χ4n) is 2.75. The molecule has 0 radical (unpaired) electrons. The van der Waals surface area contributed by atoms with Gasteiger partial charge in [0.2, 0.25) is 0 Å². The second-order valence-electron chi connectivity index (χ2n) is 4.91. The molecule has 0 aromatic carbocycles. The van der Waals surface area contributed by atoms with Crippen molar-refractivity contribution in [1.82, 2.24) is 4.98 Å². The summed E-state index contributed by atoms with van der Waals surface area (Å²) in [5.74, 6) is 0.969. The topological polar surface area (TPSA) is 42.2 Å². The maximum atomic E-state index is 5.82. The Morgan fingerprint density at radius 3 is 2.67 bits per heavy atom. The molecule has 2 N–H and O–H groups in total. The van der Waals surface area contributed by atoms with Crippen molar-refractivity contribution in [1.29, 1.82) is 0 Å². The zero-order valence-electron chi connectivity index (χ0n) is 11.1. The van der Waals surface area contributed by atoms with Gasteiger partial charge in [-0.15, -0.1) is 0 Å². The van der Waals surface area contributed by atoms with Crippen LogP contribution in [0.2, 0.25) is 0 Å². The molecule has 0 spiro atoms. The molecule has 1 aromatic rings. The van der Waals surface area contributed by atoms with E-state index in [1.54, 1.807) is 0 Å². The highest BCUT2D eigenvalue weighted by atomic mass is 32.1. The third-order valence-electron chi connectivity index (χ3n) is 3.66. The van der Waals surface area contributed by atoms with Gasteiger partial charge in [0.1, 0.15) is 10.8 Å². The minimum Gasteiger partial charge on any atom is -0.389 e. The van der Waals surface area contributed by atoms with E-state index < -0.39 is 0 Å². The van der Waals surface area contributed by atoms with Crippen LogP contribution in [0.4, 0.5) is 5.82 Å². The molecule has 1 saturated carbocycles. The molecule has 0 aliphatic heterocycles. The number of hydrogen-bond donors (Lipinski definition) is 1. The lowest BCUT2D eigenvalue weighted by molar-refractivity contribution is 0.612. The third kappa shape index (κ3) is 2.64. The Balaban J connectivity index is 2.39. The van der Waals surface area contributed by atoms with Gasteiger partial charge in [-0.1, -0.05) is 25.1 Å². The predicted octanol–water partition coefficient (Wildman–Crippen LogP) is 2.79. The first-order chi connectivity index (χ1) is 8.63. The van der Waals surface area contributed by atoms with E-state index >= 15 is 0 Å². The van der Waals surface area contributed by atoms with Crippen LogP contribution in [0.25, 0.3) is 0 Å². The van der Waals surface area contributed by atoms with Crippen LogP contribution in [0.3, 0.4) is 0 Å². The van der Waals surface area contributed by atoms with Gasteiger partial charge in [-0.25, -0.2) is 4.98 Å². The summed E-state index contributed by atoms with van der Waals surface area (Å²) in [6.07, 6.45) is 5.13. The van der Waals surface area contributed by atoms with Gasteiger partial charge < -0.3 is 10.6 Å². The monoisotopic (exact) mass is 263 g/mol. The summed E-state index contributed by atoms with van der Waals surface area (Å²) >= 11 is 5.15. The summed E-state index contributed by atoms with van der Waals surface area (Å²) in [7, 11) is 0. The summed E-state index contributed by atoms with van der Waals surface area (Å²) < 4.78 is 0. The van der Waals surface area contributed by atoms with Crippen LogP contribution in [0.1, 0.15) is 43.9 Å². The molecule has 1 aromatic heterocycles. The SMILES string of the molecule is CCN(c1nc(C)ccc1C(N)=S)C1CCCC1. The fourth-order valence-corrected chi connectivity index (χ4v) is 2.91. The van der Waals surface area contributed by atoms with Crippen LogP contribution in [-0.4, -0.2) is 22.6 Å². The highest BCUT2D eigenvalue weighted by Crippen LogP contribution is 2.29. The molecule has 1 fully saturated rings. The molecule has 0 bridgehead atoms. The maximum Gasteiger partial charge on any atom is 0.139 e. The standard InChI is InChI=1S/C14H21N3S/c1-3-17(11-6-4-5-7-11)14-12(13(15)18)9-8-10(2)16-14/h8-9,11H,3-7H2,1-2H3,(H2,15,18). The highest BCUT2D eigenvalue weighted by Gasteiger charge is 2.24. The molecule has 0 atom stereocenters. The Labute approximate surface area is 114 Å². The largest absolute Gasteiger partial charge is 0.389 e. The van der Waals surface area contributed by atoms with Gasteiger partial charge in [-0.05, 0) is 38.8 Å². The van der Waals surface area contributed by atoms with Crippen LogP contribution in [0.5, 0.6) is 0 Å². The van der Waals surface area contributed by atoms with Gasteiger partial charge >= 0.3 is 0 Å². The van der Waals surface area contributed by atoms with E-state index in [-0.39, 0.29) is 0 Å². The number of hydrogen-bond acceptors (Lipinski definition) is 3. The Bertz CT molecular complexity index is 439. The van der Waals surface area contributed by atoms with Crippen molar-refractivity contribution in [3.8, 4) is 0 Å². The minimum atomic E-state index is 0.439. The zero-order chi connectivity index (χ0) is 13.1. The quantitative estimate of drug-likeness (QED) is 0.848. The Kier molecular flexibility index (Phi) is 4.17. The van der Waals surface area contributed by atoms with Crippen LogP contribution in [0.15, 0.2) is 12.1 Å². The normalized spacial score (nSPS) is 15.9. The van der Waals surface area contributed by atoms with Crippen LogP contribution in [0, 0.1) is 6.92 Å². The van der Waals surface area contributed by atoms with E-state index in [1.807, 2.05) is 19.1 Å². The number of rotatable bonds is 4.